The van der Waals surface area contributed by atoms with Crippen LogP contribution in [-0.2, 0) is 4.79 Å². The molecule has 0 aliphatic carbocycles. The highest BCUT2D eigenvalue weighted by Crippen LogP contribution is 2.21. The van der Waals surface area contributed by atoms with Crippen molar-refractivity contribution in [1.29, 1.82) is 0 Å². The van der Waals surface area contributed by atoms with E-state index >= 15 is 0 Å². The molecule has 1 heterocycles. The van der Waals surface area contributed by atoms with Crippen LogP contribution in [0.3, 0.4) is 0 Å². The van der Waals surface area contributed by atoms with Crippen molar-refractivity contribution in [1.82, 2.24) is 10.2 Å². The Balaban J connectivity index is 2.58. The molecule has 1 saturated heterocycles. The van der Waals surface area contributed by atoms with Crippen LogP contribution in [0.25, 0.3) is 0 Å². The van der Waals surface area contributed by atoms with Gasteiger partial charge in [-0.05, 0) is 33.2 Å². The minimum atomic E-state index is -4.38. The average Bonchev–Trinajstić information content (AvgIpc) is 2.34. The monoisotopic (exact) mass is 281 g/mol. The molecule has 0 bridgehead atoms. The van der Waals surface area contributed by atoms with Gasteiger partial charge < -0.3 is 11.1 Å². The van der Waals surface area contributed by atoms with Gasteiger partial charge in [0.2, 0.25) is 5.91 Å². The van der Waals surface area contributed by atoms with Gasteiger partial charge in [-0.1, -0.05) is 6.42 Å². The molecule has 1 fully saturated rings. The highest BCUT2D eigenvalue weighted by Gasteiger charge is 2.34. The molecule has 1 rings (SSSR count). The Hall–Kier alpha value is -0.820. The summed E-state index contributed by atoms with van der Waals surface area (Å²) in [6, 6.07) is -0.628. The molecule has 0 aromatic rings. The number of rotatable bonds is 4. The van der Waals surface area contributed by atoms with Gasteiger partial charge in [-0.2, -0.15) is 13.2 Å². The van der Waals surface area contributed by atoms with E-state index in [0.29, 0.717) is 6.54 Å². The van der Waals surface area contributed by atoms with Gasteiger partial charge in [0.25, 0.3) is 0 Å². The first-order valence-electron chi connectivity index (χ1n) is 6.58. The van der Waals surface area contributed by atoms with E-state index in [1.165, 1.54) is 0 Å². The van der Waals surface area contributed by atoms with Gasteiger partial charge >= 0.3 is 6.18 Å². The molecule has 112 valence electrons. The molecule has 1 aliphatic rings. The van der Waals surface area contributed by atoms with E-state index in [2.05, 4.69) is 0 Å². The van der Waals surface area contributed by atoms with Crippen LogP contribution in [0.15, 0.2) is 0 Å². The van der Waals surface area contributed by atoms with Crippen LogP contribution < -0.4 is 11.1 Å². The molecule has 0 spiro atoms. The summed E-state index contributed by atoms with van der Waals surface area (Å²) >= 11 is 0. The first-order valence-corrected chi connectivity index (χ1v) is 6.58. The number of halogens is 3. The lowest BCUT2D eigenvalue weighted by Crippen LogP contribution is -2.57. The van der Waals surface area contributed by atoms with Gasteiger partial charge in [0.15, 0.2) is 0 Å². The van der Waals surface area contributed by atoms with Gasteiger partial charge in [0.05, 0.1) is 6.04 Å². The quantitative estimate of drug-likeness (QED) is 0.815. The standard InChI is InChI=1S/C12H22F3N3O/c1-8(16)10-5-3-4-6-18(10)9(2)11(19)17-7-12(13,14)15/h8-10H,3-7,16H2,1-2H3,(H,17,19). The van der Waals surface area contributed by atoms with E-state index in [9.17, 15) is 18.0 Å². The van der Waals surface area contributed by atoms with Crippen molar-refractivity contribution in [2.75, 3.05) is 13.1 Å². The second kappa shape index (κ2) is 6.56. The first kappa shape index (κ1) is 16.2. The Morgan fingerprint density at radius 3 is 2.58 bits per heavy atom. The molecule has 19 heavy (non-hydrogen) atoms. The first-order chi connectivity index (χ1) is 8.72. The summed E-state index contributed by atoms with van der Waals surface area (Å²) in [6.45, 7) is 2.91. The van der Waals surface area contributed by atoms with E-state index < -0.39 is 24.7 Å². The van der Waals surface area contributed by atoms with Crippen LogP contribution in [0, 0.1) is 0 Å². The largest absolute Gasteiger partial charge is 0.405 e. The summed E-state index contributed by atoms with van der Waals surface area (Å²) in [6.07, 6.45) is -1.51. The predicted octanol–water partition coefficient (Wildman–Crippen LogP) is 1.26. The maximum atomic E-state index is 12.1. The highest BCUT2D eigenvalue weighted by molar-refractivity contribution is 5.81. The molecule has 3 atom stereocenters. The van der Waals surface area contributed by atoms with Gasteiger partial charge in [-0.25, -0.2) is 0 Å². The maximum absolute atomic E-state index is 12.1. The van der Waals surface area contributed by atoms with Crippen molar-refractivity contribution in [3.05, 3.63) is 0 Å². The van der Waals surface area contributed by atoms with Crippen LogP contribution in [0.1, 0.15) is 33.1 Å². The molecule has 0 saturated carbocycles. The number of hydrogen-bond acceptors (Lipinski definition) is 3. The topological polar surface area (TPSA) is 58.4 Å². The molecular weight excluding hydrogens is 259 g/mol. The summed E-state index contributed by atoms with van der Waals surface area (Å²) in [7, 11) is 0. The zero-order valence-electron chi connectivity index (χ0n) is 11.3. The van der Waals surface area contributed by atoms with Crippen LogP contribution in [0.5, 0.6) is 0 Å². The molecule has 3 unspecified atom stereocenters. The fraction of sp³-hybridized carbons (Fsp3) is 0.917. The molecule has 1 aliphatic heterocycles. The number of alkyl halides is 3. The number of piperidine rings is 1. The molecule has 4 nitrogen and oxygen atoms in total. The predicted molar refractivity (Wildman–Crippen MR) is 66.5 cm³/mol. The molecule has 0 radical (unpaired) electrons. The second-order valence-corrected chi connectivity index (χ2v) is 5.17. The normalized spacial score (nSPS) is 24.8. The van der Waals surface area contributed by atoms with Crippen LogP contribution in [0.4, 0.5) is 13.2 Å². The van der Waals surface area contributed by atoms with Crippen molar-refractivity contribution in [3.63, 3.8) is 0 Å². The third kappa shape index (κ3) is 4.99. The number of nitrogens with zero attached hydrogens (tertiary/aromatic N) is 1. The number of carbonyl (C=O) groups excluding carboxylic acids is 1. The number of nitrogens with two attached hydrogens (primary N) is 1. The lowest BCUT2D eigenvalue weighted by atomic mass is 9.95. The fourth-order valence-corrected chi connectivity index (χ4v) is 2.51. The van der Waals surface area contributed by atoms with E-state index in [1.807, 2.05) is 17.1 Å². The number of nitrogens with one attached hydrogen (secondary N) is 1. The Kier molecular flexibility index (Phi) is 5.61. The number of amides is 1. The molecule has 7 heteroatoms. The summed E-state index contributed by atoms with van der Waals surface area (Å²) in [5.74, 6) is -0.593. The summed E-state index contributed by atoms with van der Waals surface area (Å²) < 4.78 is 36.2. The van der Waals surface area contributed by atoms with Gasteiger partial charge in [-0.15, -0.1) is 0 Å². The Bertz CT molecular complexity index is 307. The minimum Gasteiger partial charge on any atom is -0.346 e. The molecule has 0 aromatic carbocycles. The second-order valence-electron chi connectivity index (χ2n) is 5.17. The summed E-state index contributed by atoms with van der Waals surface area (Å²) in [4.78, 5) is 13.7. The van der Waals surface area contributed by atoms with Crippen molar-refractivity contribution in [2.24, 2.45) is 5.73 Å². The summed E-state index contributed by atoms with van der Waals surface area (Å²) in [5, 5.41) is 1.93. The van der Waals surface area contributed by atoms with Gasteiger partial charge in [-0.3, -0.25) is 9.69 Å². The van der Waals surface area contributed by atoms with E-state index in [1.54, 1.807) is 6.92 Å². The Morgan fingerprint density at radius 1 is 1.42 bits per heavy atom. The maximum Gasteiger partial charge on any atom is 0.405 e. The van der Waals surface area contributed by atoms with E-state index in [0.717, 1.165) is 19.3 Å². The average molecular weight is 281 g/mol. The Labute approximate surface area is 111 Å². The molecule has 0 aromatic heterocycles. The van der Waals surface area contributed by atoms with Crippen molar-refractivity contribution in [2.45, 2.75) is 57.4 Å². The zero-order valence-corrected chi connectivity index (χ0v) is 11.3. The van der Waals surface area contributed by atoms with Crippen molar-refractivity contribution >= 4 is 5.91 Å². The zero-order chi connectivity index (χ0) is 14.6. The number of carbonyl (C=O) groups is 1. The summed E-state index contributed by atoms with van der Waals surface area (Å²) in [5.41, 5.74) is 5.89. The fourth-order valence-electron chi connectivity index (χ4n) is 2.51. The Morgan fingerprint density at radius 2 is 2.05 bits per heavy atom. The van der Waals surface area contributed by atoms with Crippen molar-refractivity contribution in [3.8, 4) is 0 Å². The lowest BCUT2D eigenvalue weighted by molar-refractivity contribution is -0.142. The van der Waals surface area contributed by atoms with Gasteiger partial charge in [0.1, 0.15) is 6.54 Å². The van der Waals surface area contributed by atoms with Crippen LogP contribution in [0.2, 0.25) is 0 Å². The number of likely N-dealkylation sites (tertiary alicyclic amines) is 1. The van der Waals surface area contributed by atoms with E-state index in [4.69, 9.17) is 5.73 Å². The van der Waals surface area contributed by atoms with E-state index in [-0.39, 0.29) is 12.1 Å². The number of hydrogen-bond donors (Lipinski definition) is 2. The molecule has 1 amide bonds. The van der Waals surface area contributed by atoms with Crippen LogP contribution >= 0.6 is 0 Å². The SMILES string of the molecule is CC(N)C1CCCCN1C(C)C(=O)NCC(F)(F)F. The molecular formula is C12H22F3N3O. The van der Waals surface area contributed by atoms with Crippen LogP contribution in [-0.4, -0.2) is 48.2 Å². The smallest absolute Gasteiger partial charge is 0.346 e. The third-order valence-corrected chi connectivity index (χ3v) is 3.54. The lowest BCUT2D eigenvalue weighted by Gasteiger charge is -2.41. The molecule has 3 N–H and O–H groups in total. The highest BCUT2D eigenvalue weighted by atomic mass is 19.4. The third-order valence-electron chi connectivity index (χ3n) is 3.54. The minimum absolute atomic E-state index is 0.0559. The van der Waals surface area contributed by atoms with Crippen molar-refractivity contribution < 1.29 is 18.0 Å². The van der Waals surface area contributed by atoms with Gasteiger partial charge in [0, 0.05) is 12.1 Å².